The third kappa shape index (κ3) is 8.50. The van der Waals surface area contributed by atoms with Crippen molar-refractivity contribution >= 4 is 11.9 Å². The standard InChI is InChI=1S/C38H41F6N3O4/c1-8-9-23-15-27(40)34(35(41)33(23)32-21(4)13-24(39)14-22(32)5)28(17-31(49)50)45-36(51)29(12-20(2)3)47-18-26(37(10-11-37)19-46(6)7)25(16-30(47)48)38(42,43)44/h13-16,18,20,28-29H,10-12,17,19H2,1-7H3,(H,45,51)(H,49,50)/t28-,29-/m0/s1. The number of benzene rings is 2. The molecular weight excluding hydrogens is 676 g/mol. The van der Waals surface area contributed by atoms with Crippen LogP contribution in [-0.4, -0.2) is 47.1 Å². The van der Waals surface area contributed by atoms with Gasteiger partial charge < -0.3 is 19.9 Å². The van der Waals surface area contributed by atoms with Crippen molar-refractivity contribution in [2.45, 2.75) is 84.0 Å². The summed E-state index contributed by atoms with van der Waals surface area (Å²) in [5.74, 6) is -0.665. The van der Waals surface area contributed by atoms with E-state index in [0.29, 0.717) is 30.0 Å². The molecule has 51 heavy (non-hydrogen) atoms. The van der Waals surface area contributed by atoms with Crippen molar-refractivity contribution in [3.8, 4) is 23.0 Å². The van der Waals surface area contributed by atoms with E-state index in [1.165, 1.54) is 20.8 Å². The highest BCUT2D eigenvalue weighted by atomic mass is 19.4. The molecule has 1 amide bonds. The number of amides is 1. The van der Waals surface area contributed by atoms with E-state index >= 15 is 8.78 Å². The normalized spacial score (nSPS) is 15.0. The number of aliphatic carboxylic acids is 1. The number of aryl methyl sites for hydroxylation is 2. The molecule has 274 valence electrons. The molecule has 7 nitrogen and oxygen atoms in total. The fourth-order valence-corrected chi connectivity index (χ4v) is 6.92. The molecule has 3 aromatic rings. The Morgan fingerprint density at radius 1 is 1.04 bits per heavy atom. The molecule has 0 radical (unpaired) electrons. The van der Waals surface area contributed by atoms with Crippen LogP contribution >= 0.6 is 0 Å². The summed E-state index contributed by atoms with van der Waals surface area (Å²) in [6.07, 6.45) is -4.04. The number of nitrogens with one attached hydrogen (secondary N) is 1. The molecule has 1 heterocycles. The van der Waals surface area contributed by atoms with E-state index in [2.05, 4.69) is 17.2 Å². The van der Waals surface area contributed by atoms with Gasteiger partial charge in [0.15, 0.2) is 0 Å². The molecule has 1 aromatic heterocycles. The lowest BCUT2D eigenvalue weighted by molar-refractivity contribution is -0.139. The molecule has 1 aliphatic carbocycles. The minimum atomic E-state index is -4.86. The van der Waals surface area contributed by atoms with Crippen molar-refractivity contribution in [2.24, 2.45) is 5.92 Å². The predicted molar refractivity (Wildman–Crippen MR) is 181 cm³/mol. The van der Waals surface area contributed by atoms with Crippen molar-refractivity contribution < 1.29 is 41.0 Å². The zero-order valence-electron chi connectivity index (χ0n) is 29.5. The van der Waals surface area contributed by atoms with Crippen LogP contribution in [0, 0.1) is 49.1 Å². The number of carboxylic acid groups (broad SMARTS) is 1. The molecule has 0 spiro atoms. The van der Waals surface area contributed by atoms with E-state index in [1.807, 2.05) is 0 Å². The monoisotopic (exact) mass is 717 g/mol. The average molecular weight is 718 g/mol. The van der Waals surface area contributed by atoms with Crippen LogP contribution < -0.4 is 10.9 Å². The third-order valence-corrected chi connectivity index (χ3v) is 9.07. The maximum Gasteiger partial charge on any atom is 0.416 e. The van der Waals surface area contributed by atoms with Crippen LogP contribution in [0.4, 0.5) is 26.3 Å². The maximum absolute atomic E-state index is 16.8. The van der Waals surface area contributed by atoms with Crippen LogP contribution in [0.2, 0.25) is 0 Å². The Kier molecular flexibility index (Phi) is 11.5. The van der Waals surface area contributed by atoms with Crippen molar-refractivity contribution in [1.29, 1.82) is 0 Å². The molecule has 0 saturated heterocycles. The summed E-state index contributed by atoms with van der Waals surface area (Å²) in [5, 5.41) is 12.2. The summed E-state index contributed by atoms with van der Waals surface area (Å²) in [6.45, 7) is 8.16. The molecule has 1 fully saturated rings. The fourth-order valence-electron chi connectivity index (χ4n) is 6.92. The molecule has 2 atom stereocenters. The van der Waals surface area contributed by atoms with Crippen LogP contribution in [0.1, 0.15) is 91.9 Å². The van der Waals surface area contributed by atoms with E-state index in [9.17, 15) is 37.1 Å². The Hall–Kier alpha value is -4.57. The van der Waals surface area contributed by atoms with Crippen molar-refractivity contribution in [3.63, 3.8) is 0 Å². The Morgan fingerprint density at radius 2 is 1.65 bits per heavy atom. The number of nitrogens with zero attached hydrogens (tertiary/aromatic N) is 2. The number of carboxylic acids is 1. The lowest BCUT2D eigenvalue weighted by atomic mass is 9.88. The van der Waals surface area contributed by atoms with Gasteiger partial charge in [-0.25, -0.2) is 13.2 Å². The van der Waals surface area contributed by atoms with E-state index in [-0.39, 0.29) is 41.1 Å². The number of pyridine rings is 1. The van der Waals surface area contributed by atoms with Crippen LogP contribution in [0.15, 0.2) is 35.3 Å². The third-order valence-electron chi connectivity index (χ3n) is 9.07. The zero-order valence-corrected chi connectivity index (χ0v) is 29.5. The van der Waals surface area contributed by atoms with Crippen molar-refractivity contribution in [3.05, 3.63) is 91.6 Å². The van der Waals surface area contributed by atoms with E-state index < -0.39 is 76.1 Å². The van der Waals surface area contributed by atoms with Gasteiger partial charge in [-0.3, -0.25) is 14.4 Å². The van der Waals surface area contributed by atoms with Gasteiger partial charge in [-0.05, 0) is 100 Å². The van der Waals surface area contributed by atoms with Crippen LogP contribution in [0.25, 0.3) is 11.1 Å². The number of hydrogen-bond donors (Lipinski definition) is 2. The molecule has 0 unspecified atom stereocenters. The second-order valence-electron chi connectivity index (χ2n) is 14.0. The first-order chi connectivity index (χ1) is 23.7. The summed E-state index contributed by atoms with van der Waals surface area (Å²) in [4.78, 5) is 41.3. The van der Waals surface area contributed by atoms with E-state index in [1.54, 1.807) is 32.8 Å². The maximum atomic E-state index is 16.8. The number of likely N-dealkylation sites (N-methyl/N-ethyl adjacent to an activating group) is 1. The Labute approximate surface area is 292 Å². The van der Waals surface area contributed by atoms with E-state index in [4.69, 9.17) is 0 Å². The van der Waals surface area contributed by atoms with Gasteiger partial charge in [0.25, 0.3) is 5.56 Å². The molecular formula is C38H41F6N3O4. The summed E-state index contributed by atoms with van der Waals surface area (Å²) in [5.41, 5.74) is -3.64. The highest BCUT2D eigenvalue weighted by Gasteiger charge is 2.50. The van der Waals surface area contributed by atoms with Gasteiger partial charge in [0.05, 0.1) is 18.0 Å². The molecule has 2 aromatic carbocycles. The first-order valence-electron chi connectivity index (χ1n) is 16.4. The average Bonchev–Trinajstić information content (AvgIpc) is 3.75. The molecule has 0 aliphatic heterocycles. The van der Waals surface area contributed by atoms with Gasteiger partial charge in [-0.15, -0.1) is 5.92 Å². The topological polar surface area (TPSA) is 91.6 Å². The largest absolute Gasteiger partial charge is 0.481 e. The molecule has 1 aliphatic rings. The highest BCUT2D eigenvalue weighted by Crippen LogP contribution is 2.52. The number of carbonyl (C=O) groups is 2. The number of hydrogen-bond acceptors (Lipinski definition) is 4. The Morgan fingerprint density at radius 3 is 2.14 bits per heavy atom. The smallest absolute Gasteiger partial charge is 0.416 e. The predicted octanol–water partition coefficient (Wildman–Crippen LogP) is 7.45. The van der Waals surface area contributed by atoms with Gasteiger partial charge >= 0.3 is 12.1 Å². The minimum absolute atomic E-state index is 0.0772. The van der Waals surface area contributed by atoms with Crippen molar-refractivity contribution in [1.82, 2.24) is 14.8 Å². The molecule has 4 rings (SSSR count). The summed E-state index contributed by atoms with van der Waals surface area (Å²) in [6, 6.07) is 0.379. The minimum Gasteiger partial charge on any atom is -0.481 e. The number of aromatic nitrogens is 1. The first-order valence-corrected chi connectivity index (χ1v) is 16.4. The fraction of sp³-hybridized carbons (Fsp3) is 0.447. The van der Waals surface area contributed by atoms with Gasteiger partial charge in [0.2, 0.25) is 5.91 Å². The van der Waals surface area contributed by atoms with Gasteiger partial charge in [-0.1, -0.05) is 19.8 Å². The van der Waals surface area contributed by atoms with Gasteiger partial charge in [0.1, 0.15) is 23.5 Å². The number of rotatable bonds is 12. The lowest BCUT2D eigenvalue weighted by Crippen LogP contribution is -2.41. The second-order valence-corrected chi connectivity index (χ2v) is 14.0. The highest BCUT2D eigenvalue weighted by molar-refractivity contribution is 5.83. The second kappa shape index (κ2) is 15.0. The quantitative estimate of drug-likeness (QED) is 0.150. The summed E-state index contributed by atoms with van der Waals surface area (Å²) >= 11 is 0. The summed E-state index contributed by atoms with van der Waals surface area (Å²) in [7, 11) is 3.43. The number of alkyl halides is 3. The molecule has 2 N–H and O–H groups in total. The Bertz CT molecular complexity index is 1950. The van der Waals surface area contributed by atoms with Gasteiger partial charge in [-0.2, -0.15) is 13.2 Å². The SMILES string of the molecule is CC#Cc1cc(F)c([C@H](CC(=O)O)NC(=O)[C@H](CC(C)C)n2cc(C3(CN(C)C)CC3)c(C(F)(F)F)cc2=O)c(F)c1-c1c(C)cc(F)cc1C. The number of carbonyl (C=O) groups excluding carboxylic acids is 1. The van der Waals surface area contributed by atoms with E-state index in [0.717, 1.165) is 29.0 Å². The molecule has 1 saturated carbocycles. The molecule has 0 bridgehead atoms. The zero-order chi connectivity index (χ0) is 38.2. The lowest BCUT2D eigenvalue weighted by Gasteiger charge is -2.29. The van der Waals surface area contributed by atoms with Crippen LogP contribution in [-0.2, 0) is 21.2 Å². The number of halogens is 6. The Balaban J connectivity index is 1.91. The van der Waals surface area contributed by atoms with Crippen LogP contribution in [0.5, 0.6) is 0 Å². The molecule has 13 heteroatoms. The van der Waals surface area contributed by atoms with Crippen molar-refractivity contribution in [2.75, 3.05) is 20.6 Å². The summed E-state index contributed by atoms with van der Waals surface area (Å²) < 4.78 is 90.7. The van der Waals surface area contributed by atoms with Gasteiger partial charge in [0, 0.05) is 40.9 Å². The first kappa shape index (κ1) is 39.2. The van der Waals surface area contributed by atoms with Crippen LogP contribution in [0.3, 0.4) is 0 Å².